The van der Waals surface area contributed by atoms with Crippen LogP contribution in [0.15, 0.2) is 6.33 Å². The van der Waals surface area contributed by atoms with E-state index in [1.807, 2.05) is 0 Å². The molecule has 2 heterocycles. The molecule has 0 bridgehead atoms. The molecule has 1 aromatic rings. The number of fused-ring (bicyclic) bond motifs is 1. The summed E-state index contributed by atoms with van der Waals surface area (Å²) < 4.78 is 0. The minimum Gasteiger partial charge on any atom is -0.342 e. The summed E-state index contributed by atoms with van der Waals surface area (Å²) in [5, 5.41) is 0. The number of nitrogens with zero attached hydrogens (tertiary/aromatic N) is 3. The van der Waals surface area contributed by atoms with Crippen molar-refractivity contribution in [3.8, 4) is 0 Å². The van der Waals surface area contributed by atoms with Crippen LogP contribution < -0.4 is 0 Å². The molecule has 1 amide bonds. The molecular formula is C17H25N3O. The predicted octanol–water partition coefficient (Wildman–Crippen LogP) is 2.55. The van der Waals surface area contributed by atoms with E-state index in [-0.39, 0.29) is 0 Å². The molecule has 1 aromatic heterocycles. The van der Waals surface area contributed by atoms with E-state index in [0.29, 0.717) is 11.8 Å². The Morgan fingerprint density at radius 1 is 1.24 bits per heavy atom. The lowest BCUT2D eigenvalue weighted by Gasteiger charge is -2.22. The van der Waals surface area contributed by atoms with Crippen LogP contribution in [-0.4, -0.2) is 33.9 Å². The monoisotopic (exact) mass is 287 g/mol. The third kappa shape index (κ3) is 3.25. The van der Waals surface area contributed by atoms with E-state index in [2.05, 4.69) is 21.8 Å². The van der Waals surface area contributed by atoms with Gasteiger partial charge in [-0.3, -0.25) is 4.79 Å². The van der Waals surface area contributed by atoms with Crippen molar-refractivity contribution in [2.24, 2.45) is 5.92 Å². The Labute approximate surface area is 127 Å². The summed E-state index contributed by atoms with van der Waals surface area (Å²) >= 11 is 0. The van der Waals surface area contributed by atoms with Gasteiger partial charge in [-0.05, 0) is 37.2 Å². The number of hydrogen-bond donors (Lipinski definition) is 0. The van der Waals surface area contributed by atoms with Crippen molar-refractivity contribution in [1.29, 1.82) is 0 Å². The van der Waals surface area contributed by atoms with Gasteiger partial charge < -0.3 is 4.90 Å². The Kier molecular flexibility index (Phi) is 4.51. The topological polar surface area (TPSA) is 46.1 Å². The second-order valence-electron chi connectivity index (χ2n) is 6.33. The molecule has 1 aliphatic carbocycles. The molecule has 3 rings (SSSR count). The molecule has 0 unspecified atom stereocenters. The molecule has 21 heavy (non-hydrogen) atoms. The number of carbonyl (C=O) groups is 1. The average Bonchev–Trinajstić information content (AvgIpc) is 2.90. The molecule has 0 spiro atoms. The van der Waals surface area contributed by atoms with Gasteiger partial charge in [0.15, 0.2) is 0 Å². The normalized spacial score (nSPS) is 19.4. The lowest BCUT2D eigenvalue weighted by molar-refractivity contribution is -0.132. The number of carbonyl (C=O) groups excluding carboxylic acids is 1. The third-order valence-corrected chi connectivity index (χ3v) is 5.00. The largest absolute Gasteiger partial charge is 0.342 e. The number of amides is 1. The van der Waals surface area contributed by atoms with Gasteiger partial charge in [0.25, 0.3) is 0 Å². The van der Waals surface area contributed by atoms with Gasteiger partial charge in [-0.1, -0.05) is 19.8 Å². The molecule has 0 aromatic carbocycles. The Morgan fingerprint density at radius 2 is 2.00 bits per heavy atom. The summed E-state index contributed by atoms with van der Waals surface area (Å²) in [6, 6.07) is 0. The van der Waals surface area contributed by atoms with E-state index in [9.17, 15) is 4.79 Å². The fourth-order valence-electron chi connectivity index (χ4n) is 3.74. The molecule has 1 aliphatic heterocycles. The van der Waals surface area contributed by atoms with E-state index in [0.717, 1.165) is 50.2 Å². The van der Waals surface area contributed by atoms with E-state index >= 15 is 0 Å². The summed E-state index contributed by atoms with van der Waals surface area (Å²) in [5.41, 5.74) is 3.60. The number of hydrogen-bond acceptors (Lipinski definition) is 3. The fraction of sp³-hybridized carbons (Fsp3) is 0.706. The maximum Gasteiger partial charge on any atom is 0.222 e. The van der Waals surface area contributed by atoms with Gasteiger partial charge in [0.05, 0.1) is 0 Å². The summed E-state index contributed by atoms with van der Waals surface area (Å²) in [7, 11) is 0. The quantitative estimate of drug-likeness (QED) is 0.858. The predicted molar refractivity (Wildman–Crippen MR) is 82.0 cm³/mol. The van der Waals surface area contributed by atoms with Crippen LogP contribution >= 0.6 is 0 Å². The Hall–Kier alpha value is -1.45. The van der Waals surface area contributed by atoms with Crippen molar-refractivity contribution in [2.45, 2.75) is 58.3 Å². The Morgan fingerprint density at radius 3 is 2.76 bits per heavy atom. The zero-order valence-electron chi connectivity index (χ0n) is 13.0. The summed E-state index contributed by atoms with van der Waals surface area (Å²) in [6.45, 7) is 3.79. The van der Waals surface area contributed by atoms with Gasteiger partial charge in [0.2, 0.25) is 5.91 Å². The summed E-state index contributed by atoms with van der Waals surface area (Å²) in [4.78, 5) is 23.4. The maximum absolute atomic E-state index is 12.5. The Bertz CT molecular complexity index is 509. The maximum atomic E-state index is 12.5. The molecular weight excluding hydrogens is 262 g/mol. The van der Waals surface area contributed by atoms with Crippen LogP contribution in [0.1, 0.15) is 56.0 Å². The first kappa shape index (κ1) is 14.5. The van der Waals surface area contributed by atoms with Gasteiger partial charge in [0, 0.05) is 37.3 Å². The third-order valence-electron chi connectivity index (χ3n) is 5.00. The van der Waals surface area contributed by atoms with Gasteiger partial charge in [-0.25, -0.2) is 9.97 Å². The zero-order valence-corrected chi connectivity index (χ0v) is 13.0. The first-order valence-electron chi connectivity index (χ1n) is 8.37. The fourth-order valence-corrected chi connectivity index (χ4v) is 3.74. The molecule has 2 aliphatic rings. The van der Waals surface area contributed by atoms with Gasteiger partial charge in [0.1, 0.15) is 6.33 Å². The van der Waals surface area contributed by atoms with Crippen LogP contribution in [0.4, 0.5) is 0 Å². The lowest BCUT2D eigenvalue weighted by atomic mass is 10.0. The molecule has 114 valence electrons. The van der Waals surface area contributed by atoms with Crippen molar-refractivity contribution < 1.29 is 4.79 Å². The van der Waals surface area contributed by atoms with E-state index in [1.54, 1.807) is 6.33 Å². The molecule has 0 radical (unpaired) electrons. The van der Waals surface area contributed by atoms with Gasteiger partial charge >= 0.3 is 0 Å². The SMILES string of the molecule is CCc1ncnc2c1CCN(C(=O)CC1CCCC1)CC2. The molecule has 4 nitrogen and oxygen atoms in total. The summed E-state index contributed by atoms with van der Waals surface area (Å²) in [5.74, 6) is 0.981. The lowest BCUT2D eigenvalue weighted by Crippen LogP contribution is -2.34. The highest BCUT2D eigenvalue weighted by Crippen LogP contribution is 2.28. The second kappa shape index (κ2) is 6.54. The van der Waals surface area contributed by atoms with Crippen molar-refractivity contribution in [1.82, 2.24) is 14.9 Å². The number of aryl methyl sites for hydroxylation is 1. The van der Waals surface area contributed by atoms with Crippen LogP contribution in [0.2, 0.25) is 0 Å². The minimum absolute atomic E-state index is 0.348. The minimum atomic E-state index is 0.348. The van der Waals surface area contributed by atoms with Crippen molar-refractivity contribution in [3.05, 3.63) is 23.3 Å². The zero-order chi connectivity index (χ0) is 14.7. The van der Waals surface area contributed by atoms with E-state index < -0.39 is 0 Å². The molecule has 0 N–H and O–H groups in total. The van der Waals surface area contributed by atoms with Gasteiger partial charge in [-0.15, -0.1) is 0 Å². The average molecular weight is 287 g/mol. The van der Waals surface area contributed by atoms with E-state index in [1.165, 1.54) is 31.2 Å². The Balaban J connectivity index is 1.65. The van der Waals surface area contributed by atoms with Crippen LogP contribution in [0.25, 0.3) is 0 Å². The first-order chi connectivity index (χ1) is 10.3. The first-order valence-corrected chi connectivity index (χ1v) is 8.37. The molecule has 1 saturated carbocycles. The van der Waals surface area contributed by atoms with Crippen molar-refractivity contribution >= 4 is 5.91 Å². The van der Waals surface area contributed by atoms with Crippen molar-refractivity contribution in [2.75, 3.05) is 13.1 Å². The molecule has 0 atom stereocenters. The van der Waals surface area contributed by atoms with Gasteiger partial charge in [-0.2, -0.15) is 0 Å². The molecule has 0 saturated heterocycles. The highest BCUT2D eigenvalue weighted by atomic mass is 16.2. The highest BCUT2D eigenvalue weighted by molar-refractivity contribution is 5.76. The van der Waals surface area contributed by atoms with Crippen LogP contribution in [0.3, 0.4) is 0 Å². The van der Waals surface area contributed by atoms with Crippen LogP contribution in [0.5, 0.6) is 0 Å². The van der Waals surface area contributed by atoms with Crippen LogP contribution in [0, 0.1) is 5.92 Å². The molecule has 4 heteroatoms. The standard InChI is InChI=1S/C17H25N3O/c1-2-15-14-7-9-20(10-8-16(14)19-12-18-15)17(21)11-13-5-3-4-6-13/h12-13H,2-11H2,1H3. The highest BCUT2D eigenvalue weighted by Gasteiger charge is 2.24. The molecule has 1 fully saturated rings. The van der Waals surface area contributed by atoms with Crippen molar-refractivity contribution in [3.63, 3.8) is 0 Å². The van der Waals surface area contributed by atoms with E-state index in [4.69, 9.17) is 0 Å². The smallest absolute Gasteiger partial charge is 0.222 e. The second-order valence-corrected chi connectivity index (χ2v) is 6.33. The number of rotatable bonds is 3. The summed E-state index contributed by atoms with van der Waals surface area (Å²) in [6.07, 6.45) is 10.3. The number of aromatic nitrogens is 2. The van der Waals surface area contributed by atoms with Crippen LogP contribution in [-0.2, 0) is 24.1 Å².